The average Bonchev–Trinajstić information content (AvgIpc) is 3.15. The Hall–Kier alpha value is -2.37. The van der Waals surface area contributed by atoms with Crippen molar-refractivity contribution in [2.45, 2.75) is 64.7 Å². The molecule has 2 aromatic heterocycles. The summed E-state index contributed by atoms with van der Waals surface area (Å²) in [6, 6.07) is 5.65. The van der Waals surface area contributed by atoms with Gasteiger partial charge >= 0.3 is 0 Å². The Kier molecular flexibility index (Phi) is 5.27. The second-order valence-electron chi connectivity index (χ2n) is 10.5. The minimum atomic E-state index is -0.0806. The molecule has 4 saturated carbocycles. The van der Waals surface area contributed by atoms with Crippen LogP contribution in [0.5, 0.6) is 0 Å². The topological polar surface area (TPSA) is 66.7 Å². The third kappa shape index (κ3) is 3.97. The van der Waals surface area contributed by atoms with Gasteiger partial charge in [-0.05, 0) is 80.2 Å². The van der Waals surface area contributed by atoms with Crippen LogP contribution in [0.4, 0.5) is 5.82 Å². The van der Waals surface area contributed by atoms with E-state index in [2.05, 4.69) is 17.2 Å². The quantitative estimate of drug-likeness (QED) is 0.700. The predicted molar refractivity (Wildman–Crippen MR) is 121 cm³/mol. The molecular weight excluding hydrogens is 388 g/mol. The summed E-state index contributed by atoms with van der Waals surface area (Å²) in [5.41, 5.74) is 1.31. The summed E-state index contributed by atoms with van der Waals surface area (Å²) in [6.07, 6.45) is 12.2. The highest BCUT2D eigenvalue weighted by Gasteiger charge is 2.51. The van der Waals surface area contributed by atoms with Gasteiger partial charge < -0.3 is 10.2 Å². The molecule has 2 heterocycles. The van der Waals surface area contributed by atoms with Gasteiger partial charge in [-0.2, -0.15) is 0 Å². The van der Waals surface area contributed by atoms with Crippen molar-refractivity contribution in [2.24, 2.45) is 23.2 Å². The number of anilines is 1. The molecule has 2 amide bonds. The molecule has 6 rings (SSSR count). The zero-order valence-electron chi connectivity index (χ0n) is 18.8. The van der Waals surface area contributed by atoms with E-state index in [0.717, 1.165) is 37.1 Å². The minimum Gasteiger partial charge on any atom is -0.340 e. The molecule has 6 nitrogen and oxygen atoms in total. The predicted octanol–water partition coefficient (Wildman–Crippen LogP) is 4.75. The normalized spacial score (nSPS) is 28.8. The first kappa shape index (κ1) is 20.5. The molecule has 31 heavy (non-hydrogen) atoms. The van der Waals surface area contributed by atoms with Gasteiger partial charge in [0.25, 0.3) is 5.91 Å². The number of pyridine rings is 1. The first-order valence-electron chi connectivity index (χ1n) is 12.0. The lowest BCUT2D eigenvalue weighted by Crippen LogP contribution is -2.47. The number of fused-ring (bicyclic) bond motifs is 1. The van der Waals surface area contributed by atoms with Crippen molar-refractivity contribution in [3.05, 3.63) is 30.1 Å². The lowest BCUT2D eigenvalue weighted by molar-refractivity contribution is -0.124. The molecule has 1 N–H and O–H groups in total. The number of aromatic nitrogens is 2. The van der Waals surface area contributed by atoms with Gasteiger partial charge in [-0.25, -0.2) is 4.98 Å². The van der Waals surface area contributed by atoms with Gasteiger partial charge in [0.15, 0.2) is 0 Å². The number of hydrogen-bond donors (Lipinski definition) is 1. The minimum absolute atomic E-state index is 0.0806. The fraction of sp³-hybridized carbons (Fsp3) is 0.640. The van der Waals surface area contributed by atoms with Crippen molar-refractivity contribution >= 4 is 23.3 Å². The Morgan fingerprint density at radius 2 is 1.84 bits per heavy atom. The zero-order chi connectivity index (χ0) is 21.6. The van der Waals surface area contributed by atoms with Crippen LogP contribution in [0.3, 0.4) is 0 Å². The number of unbranched alkanes of at least 4 members (excludes halogenated alkanes) is 1. The van der Waals surface area contributed by atoms with Gasteiger partial charge in [0.2, 0.25) is 5.91 Å². The van der Waals surface area contributed by atoms with E-state index in [0.29, 0.717) is 23.6 Å². The zero-order valence-corrected chi connectivity index (χ0v) is 18.8. The van der Waals surface area contributed by atoms with E-state index in [1.165, 1.54) is 38.5 Å². The molecular formula is C25H34N4O2. The van der Waals surface area contributed by atoms with Gasteiger partial charge in [0.1, 0.15) is 17.2 Å². The molecule has 0 radical (unpaired) electrons. The van der Waals surface area contributed by atoms with E-state index < -0.39 is 0 Å². The number of amides is 2. The first-order valence-corrected chi connectivity index (χ1v) is 12.0. The maximum Gasteiger partial charge on any atom is 0.273 e. The Morgan fingerprint density at radius 1 is 1.16 bits per heavy atom. The van der Waals surface area contributed by atoms with Crippen LogP contribution in [0.1, 0.15) is 75.2 Å². The van der Waals surface area contributed by atoms with Crippen LogP contribution in [-0.4, -0.2) is 39.7 Å². The second kappa shape index (κ2) is 7.95. The van der Waals surface area contributed by atoms with Gasteiger partial charge in [0, 0.05) is 26.2 Å². The van der Waals surface area contributed by atoms with Crippen LogP contribution in [0.25, 0.3) is 5.65 Å². The van der Waals surface area contributed by atoms with Gasteiger partial charge in [-0.15, -0.1) is 0 Å². The molecule has 4 bridgehead atoms. The summed E-state index contributed by atoms with van der Waals surface area (Å²) in [5, 5.41) is 3.13. The van der Waals surface area contributed by atoms with Gasteiger partial charge in [-0.1, -0.05) is 19.4 Å². The van der Waals surface area contributed by atoms with Gasteiger partial charge in [-0.3, -0.25) is 14.0 Å². The summed E-state index contributed by atoms with van der Waals surface area (Å²) in [7, 11) is 1.82. The third-order valence-electron chi connectivity index (χ3n) is 7.87. The van der Waals surface area contributed by atoms with E-state index in [4.69, 9.17) is 0 Å². The highest BCUT2D eigenvalue weighted by Crippen LogP contribution is 2.61. The molecule has 166 valence electrons. The number of hydrogen-bond acceptors (Lipinski definition) is 3. The highest BCUT2D eigenvalue weighted by molar-refractivity contribution is 5.94. The van der Waals surface area contributed by atoms with Crippen molar-refractivity contribution in [3.8, 4) is 0 Å². The van der Waals surface area contributed by atoms with Crippen LogP contribution in [0.2, 0.25) is 0 Å². The second-order valence-corrected chi connectivity index (χ2v) is 10.5. The Balaban J connectivity index is 1.31. The molecule has 6 heteroatoms. The first-order chi connectivity index (χ1) is 14.9. The number of nitrogens with zero attached hydrogens (tertiary/aromatic N) is 3. The standard InChI is InChI=1S/C25H34N4O2/c1-3-4-8-28(2)24(31)20-16-29-21(26-20)6-5-7-22(29)27-23(30)15-25-12-17-9-18(13-25)11-19(10-17)14-25/h5-7,16-19H,3-4,8-15H2,1-2H3,(H,27,30). The molecule has 2 aromatic rings. The molecule has 0 aromatic carbocycles. The monoisotopic (exact) mass is 422 g/mol. The molecule has 4 fully saturated rings. The lowest BCUT2D eigenvalue weighted by atomic mass is 9.49. The van der Waals surface area contributed by atoms with Crippen molar-refractivity contribution in [1.82, 2.24) is 14.3 Å². The van der Waals surface area contributed by atoms with Crippen LogP contribution >= 0.6 is 0 Å². The van der Waals surface area contributed by atoms with E-state index in [1.54, 1.807) is 11.1 Å². The van der Waals surface area contributed by atoms with Crippen molar-refractivity contribution in [3.63, 3.8) is 0 Å². The largest absolute Gasteiger partial charge is 0.340 e. The molecule has 4 aliphatic carbocycles. The van der Waals surface area contributed by atoms with Crippen molar-refractivity contribution < 1.29 is 9.59 Å². The maximum absolute atomic E-state index is 13.1. The molecule has 0 atom stereocenters. The van der Waals surface area contributed by atoms with E-state index in [9.17, 15) is 9.59 Å². The van der Waals surface area contributed by atoms with E-state index in [1.807, 2.05) is 29.6 Å². The number of rotatable bonds is 7. The Bertz CT molecular complexity index is 959. The maximum atomic E-state index is 13.1. The summed E-state index contributed by atoms with van der Waals surface area (Å²) in [4.78, 5) is 32.0. The number of nitrogens with one attached hydrogen (secondary N) is 1. The fourth-order valence-corrected chi connectivity index (χ4v) is 6.94. The van der Waals surface area contributed by atoms with Crippen LogP contribution in [0, 0.1) is 23.2 Å². The number of carbonyl (C=O) groups is 2. The lowest BCUT2D eigenvalue weighted by Gasteiger charge is -2.56. The Morgan fingerprint density at radius 3 is 2.48 bits per heavy atom. The van der Waals surface area contributed by atoms with Crippen LogP contribution in [-0.2, 0) is 4.79 Å². The molecule has 4 aliphatic rings. The summed E-state index contributed by atoms with van der Waals surface area (Å²) in [5.74, 6) is 3.23. The SMILES string of the molecule is CCCCN(C)C(=O)c1cn2c(NC(=O)CC34CC5CC(CC(C5)C3)C4)cccc2n1. The smallest absolute Gasteiger partial charge is 0.273 e. The fourth-order valence-electron chi connectivity index (χ4n) is 6.94. The molecule has 0 aliphatic heterocycles. The van der Waals surface area contributed by atoms with Crippen molar-refractivity contribution in [2.75, 3.05) is 18.9 Å². The van der Waals surface area contributed by atoms with Crippen LogP contribution in [0.15, 0.2) is 24.4 Å². The summed E-state index contributed by atoms with van der Waals surface area (Å²) >= 11 is 0. The highest BCUT2D eigenvalue weighted by atomic mass is 16.2. The van der Waals surface area contributed by atoms with Crippen molar-refractivity contribution in [1.29, 1.82) is 0 Å². The summed E-state index contributed by atoms with van der Waals surface area (Å²) < 4.78 is 1.83. The average molecular weight is 423 g/mol. The van der Waals surface area contributed by atoms with Gasteiger partial charge in [0.05, 0.1) is 0 Å². The molecule has 0 unspecified atom stereocenters. The Labute approximate surface area is 184 Å². The number of imidazole rings is 1. The van der Waals surface area contributed by atoms with E-state index in [-0.39, 0.29) is 17.2 Å². The molecule has 0 saturated heterocycles. The van der Waals surface area contributed by atoms with Crippen LogP contribution < -0.4 is 5.32 Å². The molecule has 0 spiro atoms. The summed E-state index contributed by atoms with van der Waals surface area (Å²) in [6.45, 7) is 2.83. The number of carbonyl (C=O) groups excluding carboxylic acids is 2. The van der Waals surface area contributed by atoms with E-state index >= 15 is 0 Å². The third-order valence-corrected chi connectivity index (χ3v) is 7.87.